The molecule has 3 nitrogen and oxygen atoms in total. The third kappa shape index (κ3) is 2.20. The van der Waals surface area contributed by atoms with Crippen LogP contribution < -0.4 is 4.74 Å². The Labute approximate surface area is 77.5 Å². The lowest BCUT2D eigenvalue weighted by Crippen LogP contribution is -1.97. The van der Waals surface area contributed by atoms with Gasteiger partial charge in [0.2, 0.25) is 0 Å². The van der Waals surface area contributed by atoms with Crippen LogP contribution in [0.2, 0.25) is 0 Å². The van der Waals surface area contributed by atoms with Gasteiger partial charge >= 0.3 is 0 Å². The first kappa shape index (κ1) is 9.56. The summed E-state index contributed by atoms with van der Waals surface area (Å²) >= 11 is 0. The van der Waals surface area contributed by atoms with Crippen molar-refractivity contribution in [1.29, 1.82) is 5.26 Å². The molecule has 0 saturated heterocycles. The van der Waals surface area contributed by atoms with Crippen molar-refractivity contribution in [3.63, 3.8) is 0 Å². The molecule has 0 aliphatic carbocycles. The van der Waals surface area contributed by atoms with Gasteiger partial charge < -0.3 is 9.47 Å². The maximum absolute atomic E-state index is 8.70. The van der Waals surface area contributed by atoms with Gasteiger partial charge in [0.15, 0.2) is 6.10 Å². The Morgan fingerprint density at radius 3 is 2.23 bits per heavy atom. The normalized spacial score (nSPS) is 11.8. The molecule has 0 radical (unpaired) electrons. The van der Waals surface area contributed by atoms with Crippen molar-refractivity contribution in [1.82, 2.24) is 0 Å². The molecule has 3 heteroatoms. The Morgan fingerprint density at radius 2 is 1.85 bits per heavy atom. The maximum Gasteiger partial charge on any atom is 0.168 e. The van der Waals surface area contributed by atoms with Gasteiger partial charge in [-0.15, -0.1) is 0 Å². The van der Waals surface area contributed by atoms with Crippen molar-refractivity contribution in [3.05, 3.63) is 29.8 Å². The van der Waals surface area contributed by atoms with Gasteiger partial charge in [-0.2, -0.15) is 5.26 Å². The second-order valence-electron chi connectivity index (χ2n) is 2.52. The van der Waals surface area contributed by atoms with Crippen molar-refractivity contribution in [2.75, 3.05) is 14.2 Å². The van der Waals surface area contributed by atoms with Gasteiger partial charge in [0.1, 0.15) is 5.75 Å². The molecule has 0 heterocycles. The fourth-order valence-electron chi connectivity index (χ4n) is 1.04. The third-order valence-corrected chi connectivity index (χ3v) is 1.77. The third-order valence-electron chi connectivity index (χ3n) is 1.77. The summed E-state index contributed by atoms with van der Waals surface area (Å²) in [5.74, 6) is 0.775. The van der Waals surface area contributed by atoms with Crippen LogP contribution in [0.1, 0.15) is 11.7 Å². The molecule has 1 aromatic rings. The van der Waals surface area contributed by atoms with Crippen molar-refractivity contribution in [2.24, 2.45) is 0 Å². The van der Waals surface area contributed by atoms with E-state index in [1.54, 1.807) is 19.2 Å². The maximum atomic E-state index is 8.70. The fourth-order valence-corrected chi connectivity index (χ4v) is 1.04. The lowest BCUT2D eigenvalue weighted by molar-refractivity contribution is 0.148. The van der Waals surface area contributed by atoms with Crippen LogP contribution in [0, 0.1) is 11.3 Å². The van der Waals surface area contributed by atoms with Gasteiger partial charge in [0.05, 0.1) is 13.2 Å². The number of methoxy groups -OCH3 is 2. The highest BCUT2D eigenvalue weighted by Gasteiger charge is 2.07. The molecule has 1 rings (SSSR count). The summed E-state index contributed by atoms with van der Waals surface area (Å²) in [6, 6.07) is 9.28. The van der Waals surface area contributed by atoms with Crippen LogP contribution in [-0.2, 0) is 4.74 Å². The van der Waals surface area contributed by atoms with Gasteiger partial charge in [-0.3, -0.25) is 0 Å². The Kier molecular flexibility index (Phi) is 3.30. The number of rotatable bonds is 3. The van der Waals surface area contributed by atoms with E-state index < -0.39 is 6.10 Å². The quantitative estimate of drug-likeness (QED) is 0.708. The molecule has 0 unspecified atom stereocenters. The van der Waals surface area contributed by atoms with Crippen molar-refractivity contribution in [2.45, 2.75) is 6.10 Å². The zero-order valence-electron chi connectivity index (χ0n) is 7.65. The van der Waals surface area contributed by atoms with E-state index in [1.165, 1.54) is 7.11 Å². The molecular weight excluding hydrogens is 166 g/mol. The topological polar surface area (TPSA) is 42.2 Å². The van der Waals surface area contributed by atoms with Crippen LogP contribution in [0.3, 0.4) is 0 Å². The SMILES string of the molecule is COc1ccc([C@@H](C#N)OC)cc1. The molecule has 0 aliphatic heterocycles. The van der Waals surface area contributed by atoms with E-state index >= 15 is 0 Å². The molecular formula is C10H11NO2. The van der Waals surface area contributed by atoms with Crippen molar-refractivity contribution in [3.8, 4) is 11.8 Å². The summed E-state index contributed by atoms with van der Waals surface area (Å²) in [7, 11) is 3.12. The minimum absolute atomic E-state index is 0.495. The predicted molar refractivity (Wildman–Crippen MR) is 48.4 cm³/mol. The molecule has 0 bridgehead atoms. The first-order valence-electron chi connectivity index (χ1n) is 3.88. The average molecular weight is 177 g/mol. The minimum Gasteiger partial charge on any atom is -0.497 e. The Hall–Kier alpha value is -1.53. The lowest BCUT2D eigenvalue weighted by Gasteiger charge is -2.07. The van der Waals surface area contributed by atoms with E-state index in [4.69, 9.17) is 14.7 Å². The summed E-state index contributed by atoms with van der Waals surface area (Å²) in [5.41, 5.74) is 0.839. The van der Waals surface area contributed by atoms with E-state index in [1.807, 2.05) is 18.2 Å². The predicted octanol–water partition coefficient (Wildman–Crippen LogP) is 1.91. The van der Waals surface area contributed by atoms with Gasteiger partial charge in [-0.25, -0.2) is 0 Å². The van der Waals surface area contributed by atoms with Crippen LogP contribution >= 0.6 is 0 Å². The highest BCUT2D eigenvalue weighted by Crippen LogP contribution is 2.18. The Balaban J connectivity index is 2.86. The van der Waals surface area contributed by atoms with Crippen LogP contribution in [0.4, 0.5) is 0 Å². The van der Waals surface area contributed by atoms with Gasteiger partial charge in [-0.05, 0) is 17.7 Å². The smallest absolute Gasteiger partial charge is 0.168 e. The number of benzene rings is 1. The summed E-state index contributed by atoms with van der Waals surface area (Å²) in [6.07, 6.45) is -0.495. The molecule has 0 aromatic heterocycles. The zero-order chi connectivity index (χ0) is 9.68. The summed E-state index contributed by atoms with van der Waals surface area (Å²) in [4.78, 5) is 0. The second kappa shape index (κ2) is 4.48. The standard InChI is InChI=1S/C10H11NO2/c1-12-9-5-3-8(4-6-9)10(7-11)13-2/h3-6,10H,1-2H3/t10-/m1/s1. The van der Waals surface area contributed by atoms with E-state index in [0.29, 0.717) is 0 Å². The lowest BCUT2D eigenvalue weighted by atomic mass is 10.1. The number of nitrogens with zero attached hydrogens (tertiary/aromatic N) is 1. The first-order valence-corrected chi connectivity index (χ1v) is 3.88. The van der Waals surface area contributed by atoms with Crippen molar-refractivity contribution < 1.29 is 9.47 Å². The van der Waals surface area contributed by atoms with E-state index in [9.17, 15) is 0 Å². The molecule has 1 aromatic carbocycles. The number of ether oxygens (including phenoxy) is 2. The summed E-state index contributed by atoms with van der Waals surface area (Å²) in [6.45, 7) is 0. The molecule has 0 saturated carbocycles. The summed E-state index contributed by atoms with van der Waals surface area (Å²) in [5, 5.41) is 8.70. The number of nitriles is 1. The molecule has 1 atom stereocenters. The number of hydrogen-bond donors (Lipinski definition) is 0. The van der Waals surface area contributed by atoms with Gasteiger partial charge in [0.25, 0.3) is 0 Å². The fraction of sp³-hybridized carbons (Fsp3) is 0.300. The van der Waals surface area contributed by atoms with Crippen LogP contribution in [-0.4, -0.2) is 14.2 Å². The van der Waals surface area contributed by atoms with Crippen molar-refractivity contribution >= 4 is 0 Å². The van der Waals surface area contributed by atoms with Crippen LogP contribution in [0.5, 0.6) is 5.75 Å². The zero-order valence-corrected chi connectivity index (χ0v) is 7.65. The minimum atomic E-state index is -0.495. The van der Waals surface area contributed by atoms with Gasteiger partial charge in [-0.1, -0.05) is 12.1 Å². The van der Waals surface area contributed by atoms with Gasteiger partial charge in [0, 0.05) is 7.11 Å². The first-order chi connectivity index (χ1) is 6.31. The van der Waals surface area contributed by atoms with E-state index in [2.05, 4.69) is 0 Å². The molecule has 68 valence electrons. The second-order valence-corrected chi connectivity index (χ2v) is 2.52. The number of hydrogen-bond acceptors (Lipinski definition) is 3. The average Bonchev–Trinajstić information content (AvgIpc) is 2.21. The molecule has 0 spiro atoms. The molecule has 0 fully saturated rings. The van der Waals surface area contributed by atoms with Crippen LogP contribution in [0.15, 0.2) is 24.3 Å². The molecule has 0 aliphatic rings. The van der Waals surface area contributed by atoms with E-state index in [0.717, 1.165) is 11.3 Å². The Bertz CT molecular complexity index is 300. The Morgan fingerprint density at radius 1 is 1.23 bits per heavy atom. The van der Waals surface area contributed by atoms with Crippen LogP contribution in [0.25, 0.3) is 0 Å². The largest absolute Gasteiger partial charge is 0.497 e. The summed E-state index contributed by atoms with van der Waals surface area (Å²) < 4.78 is 9.95. The van der Waals surface area contributed by atoms with E-state index in [-0.39, 0.29) is 0 Å². The molecule has 0 amide bonds. The molecule has 13 heavy (non-hydrogen) atoms. The monoisotopic (exact) mass is 177 g/mol. The molecule has 0 N–H and O–H groups in total. The highest BCUT2D eigenvalue weighted by molar-refractivity contribution is 5.30. The highest BCUT2D eigenvalue weighted by atomic mass is 16.5.